The smallest absolute Gasteiger partial charge is 0.278 e. The highest BCUT2D eigenvalue weighted by molar-refractivity contribution is 5.97. The van der Waals surface area contributed by atoms with E-state index in [1.54, 1.807) is 42.5 Å². The molecule has 4 rings (SSSR count). The van der Waals surface area contributed by atoms with Gasteiger partial charge in [0.2, 0.25) is 12.0 Å². The molecule has 1 aliphatic heterocycles. The van der Waals surface area contributed by atoms with Crippen LogP contribution in [0, 0.1) is 0 Å². The largest absolute Gasteiger partial charge is 0.492 e. The average molecular weight is 447 g/mol. The lowest BCUT2D eigenvalue weighted by molar-refractivity contribution is -0.132. The summed E-state index contributed by atoms with van der Waals surface area (Å²) in [6.45, 7) is 2.41. The van der Waals surface area contributed by atoms with Crippen LogP contribution < -0.4 is 30.4 Å². The van der Waals surface area contributed by atoms with Crippen LogP contribution in [0.4, 0.5) is 5.69 Å². The maximum atomic E-state index is 13.2. The number of anilines is 1. The van der Waals surface area contributed by atoms with Gasteiger partial charge >= 0.3 is 0 Å². The van der Waals surface area contributed by atoms with Crippen LogP contribution >= 0.6 is 0 Å². The molecule has 0 aromatic heterocycles. The minimum absolute atomic E-state index is 0.0639. The van der Waals surface area contributed by atoms with Crippen molar-refractivity contribution in [1.82, 2.24) is 10.9 Å². The van der Waals surface area contributed by atoms with Crippen LogP contribution in [0.3, 0.4) is 0 Å². The number of carbonyl (C=O) groups excluding carboxylic acids is 2. The molecule has 3 N–H and O–H groups in total. The Bertz CT molecular complexity index is 1110. The van der Waals surface area contributed by atoms with Crippen LogP contribution in [0.15, 0.2) is 78.9 Å². The van der Waals surface area contributed by atoms with Gasteiger partial charge in [-0.1, -0.05) is 54.6 Å². The van der Waals surface area contributed by atoms with E-state index in [1.165, 1.54) is 0 Å². The lowest BCUT2D eigenvalue weighted by Crippen LogP contribution is -2.51. The lowest BCUT2D eigenvalue weighted by Gasteiger charge is -2.26. The van der Waals surface area contributed by atoms with Gasteiger partial charge in [-0.25, -0.2) is 5.43 Å². The van der Waals surface area contributed by atoms with Crippen molar-refractivity contribution < 1.29 is 23.8 Å². The predicted octanol–water partition coefficient (Wildman–Crippen LogP) is 3.23. The molecular formula is C25H25N3O5. The number of para-hydroxylation sites is 4. The SMILES string of the molecule is CCOc1ccccc1NC(=O)C(NNC(=O)C1COc2ccccc2O1)c1ccccc1. The molecule has 0 bridgehead atoms. The second-order valence-electron chi connectivity index (χ2n) is 7.26. The molecule has 0 radical (unpaired) electrons. The Morgan fingerprint density at radius 1 is 0.970 bits per heavy atom. The minimum atomic E-state index is -0.860. The number of hydrogen-bond acceptors (Lipinski definition) is 6. The summed E-state index contributed by atoms with van der Waals surface area (Å²) in [5.74, 6) is 0.834. The zero-order chi connectivity index (χ0) is 23.0. The highest BCUT2D eigenvalue weighted by atomic mass is 16.6. The summed E-state index contributed by atoms with van der Waals surface area (Å²) in [7, 11) is 0. The molecule has 33 heavy (non-hydrogen) atoms. The number of rotatable bonds is 8. The van der Waals surface area contributed by atoms with Crippen molar-refractivity contribution in [2.45, 2.75) is 19.1 Å². The van der Waals surface area contributed by atoms with E-state index < -0.39 is 18.1 Å². The second kappa shape index (κ2) is 10.5. The molecule has 0 fully saturated rings. The molecule has 0 saturated carbocycles. The highest BCUT2D eigenvalue weighted by Crippen LogP contribution is 2.31. The fraction of sp³-hybridized carbons (Fsp3) is 0.200. The van der Waals surface area contributed by atoms with Crippen molar-refractivity contribution in [3.8, 4) is 17.2 Å². The number of benzene rings is 3. The van der Waals surface area contributed by atoms with Crippen LogP contribution in [-0.4, -0.2) is 31.1 Å². The van der Waals surface area contributed by atoms with E-state index in [2.05, 4.69) is 16.2 Å². The number of ether oxygens (including phenoxy) is 3. The van der Waals surface area contributed by atoms with E-state index in [0.717, 1.165) is 0 Å². The number of carbonyl (C=O) groups is 2. The van der Waals surface area contributed by atoms with Gasteiger partial charge in [0.15, 0.2) is 11.5 Å². The Morgan fingerprint density at radius 2 is 1.67 bits per heavy atom. The van der Waals surface area contributed by atoms with Crippen molar-refractivity contribution >= 4 is 17.5 Å². The van der Waals surface area contributed by atoms with Crippen LogP contribution in [0.5, 0.6) is 17.2 Å². The van der Waals surface area contributed by atoms with Crippen LogP contribution in [0.1, 0.15) is 18.5 Å². The van der Waals surface area contributed by atoms with Crippen LogP contribution in [0.25, 0.3) is 0 Å². The molecule has 8 heteroatoms. The topological polar surface area (TPSA) is 97.9 Å². The van der Waals surface area contributed by atoms with Crippen molar-refractivity contribution in [2.24, 2.45) is 0 Å². The van der Waals surface area contributed by atoms with Gasteiger partial charge < -0.3 is 19.5 Å². The van der Waals surface area contributed by atoms with E-state index >= 15 is 0 Å². The first-order valence-corrected chi connectivity index (χ1v) is 10.7. The fourth-order valence-electron chi connectivity index (χ4n) is 3.37. The molecule has 2 atom stereocenters. The number of nitrogens with one attached hydrogen (secondary N) is 3. The number of hydrazine groups is 1. The van der Waals surface area contributed by atoms with Gasteiger partial charge in [-0.2, -0.15) is 0 Å². The number of fused-ring (bicyclic) bond motifs is 1. The van der Waals surface area contributed by atoms with Crippen LogP contribution in [-0.2, 0) is 9.59 Å². The molecule has 0 aliphatic carbocycles. The summed E-state index contributed by atoms with van der Waals surface area (Å²) in [4.78, 5) is 25.9. The minimum Gasteiger partial charge on any atom is -0.492 e. The maximum absolute atomic E-state index is 13.2. The molecule has 1 aliphatic rings. The standard InChI is InChI=1S/C25H25N3O5/c1-2-31-19-13-7-6-12-18(19)26-25(30)23(17-10-4-3-5-11-17)27-28-24(29)22-16-32-20-14-8-9-15-21(20)33-22/h3-15,22-23,27H,2,16H2,1H3,(H,26,30)(H,28,29). The molecular weight excluding hydrogens is 422 g/mol. The Hall–Kier alpha value is -4.04. The van der Waals surface area contributed by atoms with Crippen LogP contribution in [0.2, 0.25) is 0 Å². The third-order valence-electron chi connectivity index (χ3n) is 4.98. The molecule has 3 aromatic rings. The summed E-state index contributed by atoms with van der Waals surface area (Å²) in [5, 5.41) is 2.88. The molecule has 0 spiro atoms. The molecule has 3 aromatic carbocycles. The van der Waals surface area contributed by atoms with Gasteiger partial charge in [-0.15, -0.1) is 0 Å². The van der Waals surface area contributed by atoms with Gasteiger partial charge in [0.1, 0.15) is 18.4 Å². The Morgan fingerprint density at radius 3 is 2.45 bits per heavy atom. The van der Waals surface area contributed by atoms with Gasteiger partial charge in [-0.05, 0) is 36.8 Å². The van der Waals surface area contributed by atoms with Gasteiger partial charge in [0, 0.05) is 0 Å². The summed E-state index contributed by atoms with van der Waals surface area (Å²) in [5.41, 5.74) is 6.66. The van der Waals surface area contributed by atoms with E-state index in [-0.39, 0.29) is 12.5 Å². The normalized spacial score (nSPS) is 15.2. The van der Waals surface area contributed by atoms with Gasteiger partial charge in [-0.3, -0.25) is 15.0 Å². The summed E-state index contributed by atoms with van der Waals surface area (Å²) in [6.07, 6.45) is -0.856. The monoisotopic (exact) mass is 447 g/mol. The first-order valence-electron chi connectivity index (χ1n) is 10.7. The van der Waals surface area contributed by atoms with E-state index in [0.29, 0.717) is 35.1 Å². The van der Waals surface area contributed by atoms with Gasteiger partial charge in [0.25, 0.3) is 5.91 Å². The quantitative estimate of drug-likeness (QED) is 0.459. The zero-order valence-electron chi connectivity index (χ0n) is 18.1. The zero-order valence-corrected chi connectivity index (χ0v) is 18.1. The second-order valence-corrected chi connectivity index (χ2v) is 7.26. The van der Waals surface area contributed by atoms with Crippen molar-refractivity contribution in [1.29, 1.82) is 0 Å². The molecule has 0 saturated heterocycles. The maximum Gasteiger partial charge on any atom is 0.278 e. The molecule has 1 heterocycles. The fourth-order valence-corrected chi connectivity index (χ4v) is 3.37. The van der Waals surface area contributed by atoms with Gasteiger partial charge in [0.05, 0.1) is 12.3 Å². The first kappa shape index (κ1) is 22.2. The summed E-state index contributed by atoms with van der Waals surface area (Å²) >= 11 is 0. The Balaban J connectivity index is 1.46. The third kappa shape index (κ3) is 5.42. The van der Waals surface area contributed by atoms with E-state index in [4.69, 9.17) is 14.2 Å². The average Bonchev–Trinajstić information content (AvgIpc) is 2.86. The predicted molar refractivity (Wildman–Crippen MR) is 123 cm³/mol. The Kier molecular flexibility index (Phi) is 7.06. The van der Waals surface area contributed by atoms with Crippen molar-refractivity contribution in [3.63, 3.8) is 0 Å². The van der Waals surface area contributed by atoms with E-state index in [9.17, 15) is 9.59 Å². The lowest BCUT2D eigenvalue weighted by atomic mass is 10.1. The molecule has 8 nitrogen and oxygen atoms in total. The molecule has 2 unspecified atom stereocenters. The summed E-state index contributed by atoms with van der Waals surface area (Å²) in [6, 6.07) is 22.6. The third-order valence-corrected chi connectivity index (χ3v) is 4.98. The highest BCUT2D eigenvalue weighted by Gasteiger charge is 2.29. The number of amides is 2. The summed E-state index contributed by atoms with van der Waals surface area (Å²) < 4.78 is 16.9. The molecule has 170 valence electrons. The molecule has 2 amide bonds. The first-order chi connectivity index (χ1) is 16.2. The van der Waals surface area contributed by atoms with Crippen molar-refractivity contribution in [3.05, 3.63) is 84.4 Å². The number of hydrogen-bond donors (Lipinski definition) is 3. The van der Waals surface area contributed by atoms with E-state index in [1.807, 2.05) is 43.3 Å². The Labute approximate surface area is 191 Å². The van der Waals surface area contributed by atoms with Crippen molar-refractivity contribution in [2.75, 3.05) is 18.5 Å².